The molecule has 20 heavy (non-hydrogen) atoms. The molecule has 0 aliphatic heterocycles. The van der Waals surface area contributed by atoms with Crippen LogP contribution in [0.2, 0.25) is 0 Å². The van der Waals surface area contributed by atoms with Crippen molar-refractivity contribution in [1.29, 1.82) is 0 Å². The largest absolute Gasteiger partial charge is 0.536 e. The standard InChI is InChI=1S/C10H6F3NO5S/c11-10(12,13)20(17,18)19-14-5-7(9(15)16)6-3-1-2-4-8(6)14/h1-5H,(H,15,16). The Morgan fingerprint density at radius 1 is 1.25 bits per heavy atom. The lowest BCUT2D eigenvalue weighted by atomic mass is 10.2. The molecule has 2 aromatic rings. The fourth-order valence-electron chi connectivity index (χ4n) is 1.53. The highest BCUT2D eigenvalue weighted by Gasteiger charge is 2.49. The van der Waals surface area contributed by atoms with E-state index in [-0.39, 0.29) is 21.2 Å². The third kappa shape index (κ3) is 2.29. The third-order valence-electron chi connectivity index (χ3n) is 2.37. The molecule has 0 aliphatic rings. The second-order valence-corrected chi connectivity index (χ2v) is 5.19. The summed E-state index contributed by atoms with van der Waals surface area (Å²) in [7, 11) is -5.88. The van der Waals surface area contributed by atoms with Crippen LogP contribution < -0.4 is 4.28 Å². The number of hydrogen-bond donors (Lipinski definition) is 1. The van der Waals surface area contributed by atoms with E-state index in [4.69, 9.17) is 5.11 Å². The van der Waals surface area contributed by atoms with E-state index in [9.17, 15) is 26.4 Å². The molecule has 108 valence electrons. The molecule has 2 rings (SSSR count). The molecule has 0 amide bonds. The van der Waals surface area contributed by atoms with Crippen molar-refractivity contribution in [1.82, 2.24) is 4.73 Å². The maximum absolute atomic E-state index is 12.2. The van der Waals surface area contributed by atoms with Crippen LogP contribution in [0.3, 0.4) is 0 Å². The zero-order valence-electron chi connectivity index (χ0n) is 9.46. The van der Waals surface area contributed by atoms with Crippen LogP contribution in [-0.2, 0) is 10.1 Å². The van der Waals surface area contributed by atoms with E-state index in [1.807, 2.05) is 0 Å². The van der Waals surface area contributed by atoms with Gasteiger partial charge in [-0.2, -0.15) is 26.3 Å². The van der Waals surface area contributed by atoms with Gasteiger partial charge in [-0.05, 0) is 6.07 Å². The summed E-state index contributed by atoms with van der Waals surface area (Å²) < 4.78 is 62.8. The summed E-state index contributed by atoms with van der Waals surface area (Å²) in [5.41, 5.74) is -6.10. The quantitative estimate of drug-likeness (QED) is 0.871. The van der Waals surface area contributed by atoms with Crippen molar-refractivity contribution in [3.05, 3.63) is 36.0 Å². The summed E-state index contributed by atoms with van der Waals surface area (Å²) in [6, 6.07) is 5.40. The van der Waals surface area contributed by atoms with E-state index in [1.165, 1.54) is 24.3 Å². The number of halogens is 3. The molecule has 1 aromatic heterocycles. The van der Waals surface area contributed by atoms with Gasteiger partial charge in [0.25, 0.3) is 0 Å². The molecule has 1 N–H and O–H groups in total. The van der Waals surface area contributed by atoms with Gasteiger partial charge in [0.1, 0.15) is 0 Å². The van der Waals surface area contributed by atoms with Crippen molar-refractivity contribution in [3.8, 4) is 0 Å². The number of aromatic nitrogens is 1. The Labute approximate surface area is 110 Å². The van der Waals surface area contributed by atoms with E-state index in [1.54, 1.807) is 0 Å². The van der Waals surface area contributed by atoms with E-state index in [0.717, 1.165) is 0 Å². The number of fused-ring (bicyclic) bond motifs is 1. The minimum atomic E-state index is -5.88. The van der Waals surface area contributed by atoms with Gasteiger partial charge in [-0.25, -0.2) is 4.79 Å². The number of aromatic carboxylic acids is 1. The van der Waals surface area contributed by atoms with E-state index in [0.29, 0.717) is 6.20 Å². The van der Waals surface area contributed by atoms with Crippen molar-refractivity contribution in [3.63, 3.8) is 0 Å². The Balaban J connectivity index is 2.60. The number of rotatable bonds is 3. The molecule has 0 unspecified atom stereocenters. The monoisotopic (exact) mass is 309 g/mol. The number of para-hydroxylation sites is 1. The molecule has 0 atom stereocenters. The number of nitrogens with zero attached hydrogens (tertiary/aromatic N) is 1. The maximum atomic E-state index is 12.2. The van der Waals surface area contributed by atoms with Gasteiger partial charge in [0.15, 0.2) is 0 Å². The van der Waals surface area contributed by atoms with Gasteiger partial charge in [-0.15, -0.1) is 0 Å². The molecule has 1 aromatic carbocycles. The first-order valence-corrected chi connectivity index (χ1v) is 6.39. The highest BCUT2D eigenvalue weighted by molar-refractivity contribution is 7.87. The van der Waals surface area contributed by atoms with Gasteiger partial charge in [0.2, 0.25) is 0 Å². The zero-order chi connectivity index (χ0) is 15.1. The minimum absolute atomic E-state index is 0.0531. The molecule has 0 spiro atoms. The average Bonchev–Trinajstić information content (AvgIpc) is 2.67. The molecule has 10 heteroatoms. The van der Waals surface area contributed by atoms with Crippen molar-refractivity contribution in [2.24, 2.45) is 0 Å². The highest BCUT2D eigenvalue weighted by atomic mass is 32.2. The summed E-state index contributed by atoms with van der Waals surface area (Å²) in [4.78, 5) is 11.0. The molecule has 0 bridgehead atoms. The van der Waals surface area contributed by atoms with Crippen LogP contribution >= 0.6 is 0 Å². The van der Waals surface area contributed by atoms with Crippen LogP contribution in [0, 0.1) is 0 Å². The van der Waals surface area contributed by atoms with Crippen LogP contribution in [0.25, 0.3) is 10.9 Å². The fraction of sp³-hybridized carbons (Fsp3) is 0.100. The first-order chi connectivity index (χ1) is 9.13. The molecule has 0 saturated carbocycles. The number of carboxylic acids is 1. The Hall–Kier alpha value is -2.23. The first kappa shape index (κ1) is 14.2. The van der Waals surface area contributed by atoms with Gasteiger partial charge in [-0.3, -0.25) is 4.28 Å². The van der Waals surface area contributed by atoms with Crippen LogP contribution in [-0.4, -0.2) is 29.7 Å². The molecule has 6 nitrogen and oxygen atoms in total. The lowest BCUT2D eigenvalue weighted by Gasteiger charge is -2.09. The Bertz CT molecular complexity index is 778. The summed E-state index contributed by atoms with van der Waals surface area (Å²) >= 11 is 0. The highest BCUT2D eigenvalue weighted by Crippen LogP contribution is 2.26. The van der Waals surface area contributed by atoms with Gasteiger partial charge < -0.3 is 5.11 Å². The Morgan fingerprint density at radius 3 is 2.40 bits per heavy atom. The molecule has 0 aliphatic carbocycles. The number of carbonyl (C=O) groups is 1. The topological polar surface area (TPSA) is 85.6 Å². The summed E-state index contributed by atoms with van der Waals surface area (Å²) in [5.74, 6) is -1.42. The molecule has 0 radical (unpaired) electrons. The van der Waals surface area contributed by atoms with Gasteiger partial charge in [0.05, 0.1) is 17.3 Å². The molecular formula is C10H6F3NO5S. The van der Waals surface area contributed by atoms with Crippen molar-refractivity contribution in [2.45, 2.75) is 5.51 Å². The second-order valence-electron chi connectivity index (χ2n) is 3.67. The van der Waals surface area contributed by atoms with Crippen molar-refractivity contribution < 1.29 is 35.8 Å². The lowest BCUT2D eigenvalue weighted by molar-refractivity contribution is -0.0543. The van der Waals surface area contributed by atoms with E-state index >= 15 is 0 Å². The van der Waals surface area contributed by atoms with E-state index in [2.05, 4.69) is 4.28 Å². The average molecular weight is 309 g/mol. The molecule has 0 saturated heterocycles. The van der Waals surface area contributed by atoms with Gasteiger partial charge in [-0.1, -0.05) is 18.2 Å². The maximum Gasteiger partial charge on any atom is 0.536 e. The van der Waals surface area contributed by atoms with E-state index < -0.39 is 21.6 Å². The predicted octanol–water partition coefficient (Wildman–Crippen LogP) is 1.62. The number of carboxylic acid groups (broad SMARTS) is 1. The third-order valence-corrected chi connectivity index (χ3v) is 3.29. The van der Waals surface area contributed by atoms with Gasteiger partial charge in [0, 0.05) is 5.39 Å². The zero-order valence-corrected chi connectivity index (χ0v) is 10.3. The van der Waals surface area contributed by atoms with Crippen LogP contribution in [0.1, 0.15) is 10.4 Å². The first-order valence-electron chi connectivity index (χ1n) is 4.98. The van der Waals surface area contributed by atoms with Gasteiger partial charge >= 0.3 is 21.6 Å². The SMILES string of the molecule is O=C(O)c1cn(OS(=O)(=O)C(F)(F)F)c2ccccc12. The molecule has 1 heterocycles. The van der Waals surface area contributed by atoms with Crippen LogP contribution in [0.15, 0.2) is 30.5 Å². The normalized spacial score (nSPS) is 12.6. The summed E-state index contributed by atoms with van der Waals surface area (Å²) in [5, 5.41) is 8.97. The smallest absolute Gasteiger partial charge is 0.478 e. The fourth-order valence-corrected chi connectivity index (χ4v) is 1.95. The lowest BCUT2D eigenvalue weighted by Crippen LogP contribution is -2.32. The Morgan fingerprint density at radius 2 is 1.85 bits per heavy atom. The summed E-state index contributed by atoms with van der Waals surface area (Å²) in [6.07, 6.45) is 0.663. The van der Waals surface area contributed by atoms with Crippen molar-refractivity contribution >= 4 is 27.0 Å². The van der Waals surface area contributed by atoms with Crippen molar-refractivity contribution in [2.75, 3.05) is 0 Å². The summed E-state index contributed by atoms with van der Waals surface area (Å²) in [6.45, 7) is 0. The Kier molecular flexibility index (Phi) is 3.12. The molecular weight excluding hydrogens is 303 g/mol. The predicted molar refractivity (Wildman–Crippen MR) is 60.5 cm³/mol. The second kappa shape index (κ2) is 4.40. The minimum Gasteiger partial charge on any atom is -0.478 e. The number of hydrogen-bond acceptors (Lipinski definition) is 4. The number of benzene rings is 1. The number of alkyl halides is 3. The molecule has 0 fully saturated rings. The van der Waals surface area contributed by atoms with Crippen LogP contribution in [0.5, 0.6) is 0 Å². The van der Waals surface area contributed by atoms with Crippen LogP contribution in [0.4, 0.5) is 13.2 Å².